The summed E-state index contributed by atoms with van der Waals surface area (Å²) in [5.74, 6) is 0.750. The molecule has 0 aliphatic carbocycles. The second-order valence-corrected chi connectivity index (χ2v) is 4.62. The average molecular weight is 277 g/mol. The molecule has 0 N–H and O–H groups in total. The molecule has 5 nitrogen and oxygen atoms in total. The number of anilines is 1. The second kappa shape index (κ2) is 7.02. The number of benzene rings is 1. The summed E-state index contributed by atoms with van der Waals surface area (Å²) in [5, 5.41) is 25.6. The summed E-state index contributed by atoms with van der Waals surface area (Å²) < 4.78 is 0. The van der Waals surface area contributed by atoms with Crippen LogP contribution in [0.2, 0.25) is 0 Å². The smallest absolute Gasteiger partial charge is 0.163 e. The van der Waals surface area contributed by atoms with Crippen LogP contribution in [0.5, 0.6) is 0 Å². The van der Waals surface area contributed by atoms with E-state index in [1.165, 1.54) is 0 Å². The zero-order valence-corrected chi connectivity index (χ0v) is 11.8. The first-order chi connectivity index (χ1) is 10.3. The molecule has 0 amide bonds. The maximum Gasteiger partial charge on any atom is 0.163 e. The summed E-state index contributed by atoms with van der Waals surface area (Å²) in [4.78, 5) is 2.11. The molecule has 0 unspecified atom stereocenters. The molecule has 0 bridgehead atoms. The van der Waals surface area contributed by atoms with Crippen LogP contribution in [0.1, 0.15) is 30.2 Å². The van der Waals surface area contributed by atoms with E-state index in [2.05, 4.69) is 28.1 Å². The van der Waals surface area contributed by atoms with Gasteiger partial charge in [-0.3, -0.25) is 0 Å². The van der Waals surface area contributed by atoms with E-state index >= 15 is 0 Å². The lowest BCUT2D eigenvalue weighted by molar-refractivity contribution is 0.743. The van der Waals surface area contributed by atoms with Gasteiger partial charge in [-0.25, -0.2) is 0 Å². The number of aromatic nitrogens is 2. The van der Waals surface area contributed by atoms with E-state index < -0.39 is 0 Å². The molecule has 1 aromatic heterocycles. The predicted octanol–water partition coefficient (Wildman–Crippen LogP) is 2.64. The Labute approximate surface area is 124 Å². The van der Waals surface area contributed by atoms with Gasteiger partial charge in [0.2, 0.25) is 0 Å². The number of hydrogen-bond acceptors (Lipinski definition) is 5. The van der Waals surface area contributed by atoms with Gasteiger partial charge < -0.3 is 4.90 Å². The van der Waals surface area contributed by atoms with Gasteiger partial charge in [0.15, 0.2) is 11.5 Å². The van der Waals surface area contributed by atoms with Crippen molar-refractivity contribution >= 4 is 5.82 Å². The Balaban J connectivity index is 2.17. The maximum absolute atomic E-state index is 8.82. The molecule has 1 heterocycles. The minimum Gasteiger partial charge on any atom is -0.351 e. The monoisotopic (exact) mass is 277 g/mol. The fraction of sp³-hybridized carbons (Fsp3) is 0.250. The first-order valence-electron chi connectivity index (χ1n) is 6.74. The quantitative estimate of drug-likeness (QED) is 0.839. The first kappa shape index (κ1) is 14.5. The molecule has 21 heavy (non-hydrogen) atoms. The van der Waals surface area contributed by atoms with Crippen LogP contribution < -0.4 is 4.90 Å². The fourth-order valence-electron chi connectivity index (χ4n) is 2.00. The van der Waals surface area contributed by atoms with Crippen molar-refractivity contribution in [1.82, 2.24) is 10.2 Å². The van der Waals surface area contributed by atoms with Gasteiger partial charge in [-0.1, -0.05) is 19.1 Å². The average Bonchev–Trinajstić information content (AvgIpc) is 2.55. The molecule has 2 aromatic rings. The van der Waals surface area contributed by atoms with Gasteiger partial charge in [0, 0.05) is 13.1 Å². The van der Waals surface area contributed by atoms with Crippen LogP contribution in [0.25, 0.3) is 0 Å². The molecule has 0 saturated heterocycles. The normalized spacial score (nSPS) is 9.67. The highest BCUT2D eigenvalue weighted by molar-refractivity contribution is 5.41. The van der Waals surface area contributed by atoms with E-state index in [1.54, 1.807) is 6.07 Å². The minimum absolute atomic E-state index is 0.313. The highest BCUT2D eigenvalue weighted by Crippen LogP contribution is 2.15. The van der Waals surface area contributed by atoms with E-state index in [1.807, 2.05) is 36.4 Å². The molecule has 0 aliphatic rings. The molecular formula is C16H15N5. The molecule has 2 rings (SSSR count). The topological polar surface area (TPSA) is 76.6 Å². The van der Waals surface area contributed by atoms with Crippen LogP contribution >= 0.6 is 0 Å². The Morgan fingerprint density at radius 3 is 2.29 bits per heavy atom. The van der Waals surface area contributed by atoms with E-state index in [4.69, 9.17) is 10.5 Å². The molecule has 0 spiro atoms. The molecule has 0 atom stereocenters. The summed E-state index contributed by atoms with van der Waals surface area (Å²) in [5.41, 5.74) is 2.07. The number of hydrogen-bond donors (Lipinski definition) is 0. The molecule has 0 radical (unpaired) electrons. The van der Waals surface area contributed by atoms with Crippen molar-refractivity contribution in [2.45, 2.75) is 19.9 Å². The third-order valence-electron chi connectivity index (χ3n) is 3.04. The lowest BCUT2D eigenvalue weighted by Gasteiger charge is -2.22. The van der Waals surface area contributed by atoms with Gasteiger partial charge in [-0.2, -0.15) is 10.5 Å². The van der Waals surface area contributed by atoms with Crippen molar-refractivity contribution < 1.29 is 0 Å². The highest BCUT2D eigenvalue weighted by Gasteiger charge is 2.09. The first-order valence-corrected chi connectivity index (χ1v) is 6.74. The Kier molecular flexibility index (Phi) is 4.84. The summed E-state index contributed by atoms with van der Waals surface area (Å²) in [6, 6.07) is 15.1. The summed E-state index contributed by atoms with van der Waals surface area (Å²) in [6.07, 6.45) is 0.984. The molecule has 5 heteroatoms. The van der Waals surface area contributed by atoms with Crippen molar-refractivity contribution in [2.75, 3.05) is 11.4 Å². The van der Waals surface area contributed by atoms with Crippen LogP contribution in [0.3, 0.4) is 0 Å². The molecule has 1 aromatic carbocycles. The predicted molar refractivity (Wildman–Crippen MR) is 79.2 cm³/mol. The number of nitrogens with zero attached hydrogens (tertiary/aromatic N) is 5. The van der Waals surface area contributed by atoms with Crippen LogP contribution in [0, 0.1) is 22.7 Å². The molecule has 0 aliphatic heterocycles. The Hall–Kier alpha value is -2.92. The number of nitriles is 2. The van der Waals surface area contributed by atoms with Crippen LogP contribution in [-0.2, 0) is 6.54 Å². The standard InChI is InChI=1S/C16H15N5/c1-2-9-21(16-8-7-15(11-18)19-20-16)12-14-5-3-13(10-17)4-6-14/h3-8H,2,9,12H2,1H3. The Morgan fingerprint density at radius 2 is 1.76 bits per heavy atom. The molecular weight excluding hydrogens is 262 g/mol. The van der Waals surface area contributed by atoms with Crippen molar-refractivity contribution in [3.05, 3.63) is 53.2 Å². The SMILES string of the molecule is CCCN(Cc1ccc(C#N)cc1)c1ccc(C#N)nn1. The zero-order valence-electron chi connectivity index (χ0n) is 11.8. The van der Waals surface area contributed by atoms with Gasteiger partial charge in [0.05, 0.1) is 11.6 Å². The minimum atomic E-state index is 0.313. The summed E-state index contributed by atoms with van der Waals surface area (Å²) >= 11 is 0. The summed E-state index contributed by atoms with van der Waals surface area (Å²) in [7, 11) is 0. The molecule has 104 valence electrons. The maximum atomic E-state index is 8.82. The van der Waals surface area contributed by atoms with Crippen LogP contribution in [0.15, 0.2) is 36.4 Å². The third kappa shape index (κ3) is 3.77. The van der Waals surface area contributed by atoms with E-state index in [0.29, 0.717) is 17.8 Å². The van der Waals surface area contributed by atoms with Gasteiger partial charge in [-0.05, 0) is 36.2 Å². The van der Waals surface area contributed by atoms with Crippen molar-refractivity contribution in [1.29, 1.82) is 10.5 Å². The van der Waals surface area contributed by atoms with Crippen LogP contribution in [0.4, 0.5) is 5.82 Å². The Morgan fingerprint density at radius 1 is 1.00 bits per heavy atom. The van der Waals surface area contributed by atoms with Gasteiger partial charge in [0.1, 0.15) is 6.07 Å². The van der Waals surface area contributed by atoms with Gasteiger partial charge in [0.25, 0.3) is 0 Å². The van der Waals surface area contributed by atoms with Crippen molar-refractivity contribution in [3.63, 3.8) is 0 Å². The molecule has 0 fully saturated rings. The zero-order chi connectivity index (χ0) is 15.1. The van der Waals surface area contributed by atoms with E-state index in [0.717, 1.165) is 24.3 Å². The summed E-state index contributed by atoms with van der Waals surface area (Å²) in [6.45, 7) is 3.64. The van der Waals surface area contributed by atoms with Gasteiger partial charge >= 0.3 is 0 Å². The lowest BCUT2D eigenvalue weighted by Crippen LogP contribution is -2.24. The third-order valence-corrected chi connectivity index (χ3v) is 3.04. The highest BCUT2D eigenvalue weighted by atomic mass is 15.3. The fourth-order valence-corrected chi connectivity index (χ4v) is 2.00. The van der Waals surface area contributed by atoms with E-state index in [9.17, 15) is 0 Å². The molecule has 0 saturated carbocycles. The van der Waals surface area contributed by atoms with Crippen molar-refractivity contribution in [2.24, 2.45) is 0 Å². The van der Waals surface area contributed by atoms with Crippen molar-refractivity contribution in [3.8, 4) is 12.1 Å². The van der Waals surface area contributed by atoms with E-state index in [-0.39, 0.29) is 0 Å². The number of rotatable bonds is 5. The Bertz CT molecular complexity index is 662. The second-order valence-electron chi connectivity index (χ2n) is 4.62. The van der Waals surface area contributed by atoms with Gasteiger partial charge in [-0.15, -0.1) is 10.2 Å². The van der Waals surface area contributed by atoms with Crippen LogP contribution in [-0.4, -0.2) is 16.7 Å². The lowest BCUT2D eigenvalue weighted by atomic mass is 10.1. The largest absolute Gasteiger partial charge is 0.351 e.